The lowest BCUT2D eigenvalue weighted by atomic mass is 10.1. The maximum absolute atomic E-state index is 12.8. The molecule has 1 saturated heterocycles. The summed E-state index contributed by atoms with van der Waals surface area (Å²) in [5.41, 5.74) is 5.59. The molecule has 37 heavy (non-hydrogen) atoms. The normalized spacial score (nSPS) is 14.5. The molecule has 0 radical (unpaired) electrons. The van der Waals surface area contributed by atoms with Crippen molar-refractivity contribution in [2.45, 2.75) is 33.8 Å². The van der Waals surface area contributed by atoms with Crippen molar-refractivity contribution >= 4 is 48.0 Å². The van der Waals surface area contributed by atoms with Crippen molar-refractivity contribution < 1.29 is 9.90 Å². The summed E-state index contributed by atoms with van der Waals surface area (Å²) < 4.78 is 1.98. The van der Waals surface area contributed by atoms with E-state index in [4.69, 9.17) is 11.6 Å². The summed E-state index contributed by atoms with van der Waals surface area (Å²) in [7, 11) is 0. The van der Waals surface area contributed by atoms with Crippen molar-refractivity contribution in [1.29, 1.82) is 0 Å². The number of rotatable bonds is 7. The van der Waals surface area contributed by atoms with Gasteiger partial charge in [-0.1, -0.05) is 35.4 Å². The number of aliphatic hydroxyl groups excluding tert-OH is 1. The molecule has 10 heteroatoms. The Kier molecular flexibility index (Phi) is 11.3. The number of anilines is 1. The van der Waals surface area contributed by atoms with Crippen LogP contribution in [0.2, 0.25) is 5.02 Å². The number of amides is 1. The van der Waals surface area contributed by atoms with E-state index in [-0.39, 0.29) is 37.3 Å². The summed E-state index contributed by atoms with van der Waals surface area (Å²) in [4.78, 5) is 21.9. The van der Waals surface area contributed by atoms with Gasteiger partial charge < -0.3 is 19.9 Å². The fourth-order valence-electron chi connectivity index (χ4n) is 4.70. The third-order valence-corrected chi connectivity index (χ3v) is 7.11. The number of halogens is 3. The highest BCUT2D eigenvalue weighted by atomic mass is 35.5. The van der Waals surface area contributed by atoms with Crippen molar-refractivity contribution in [3.05, 3.63) is 75.8 Å². The molecule has 0 spiro atoms. The highest BCUT2D eigenvalue weighted by Gasteiger charge is 2.23. The molecule has 0 bridgehead atoms. The lowest BCUT2D eigenvalue weighted by Crippen LogP contribution is -2.50. The SMILES string of the molecule is Cc1ccc(-n2c(C)nc(C(=O)NCC(O)CN3CCN(c4cccc(Cl)c4C)CC3)c2C)cc1.Cl.Cl. The first-order valence-corrected chi connectivity index (χ1v) is 12.4. The summed E-state index contributed by atoms with van der Waals surface area (Å²) in [6.45, 7) is 12.0. The van der Waals surface area contributed by atoms with Crippen LogP contribution in [0.25, 0.3) is 5.69 Å². The Labute approximate surface area is 236 Å². The Bertz CT molecular complexity index is 1190. The van der Waals surface area contributed by atoms with Gasteiger partial charge in [0.1, 0.15) is 11.5 Å². The smallest absolute Gasteiger partial charge is 0.271 e. The predicted molar refractivity (Wildman–Crippen MR) is 155 cm³/mol. The van der Waals surface area contributed by atoms with E-state index in [0.29, 0.717) is 12.2 Å². The van der Waals surface area contributed by atoms with Gasteiger partial charge in [0.05, 0.1) is 11.8 Å². The second-order valence-electron chi connectivity index (χ2n) is 9.30. The van der Waals surface area contributed by atoms with Gasteiger partial charge in [0.2, 0.25) is 0 Å². The highest BCUT2D eigenvalue weighted by molar-refractivity contribution is 6.31. The zero-order valence-corrected chi connectivity index (χ0v) is 24.1. The summed E-state index contributed by atoms with van der Waals surface area (Å²) in [6.07, 6.45) is -0.654. The molecule has 2 heterocycles. The molecule has 0 saturated carbocycles. The Morgan fingerprint density at radius 3 is 2.32 bits per heavy atom. The quantitative estimate of drug-likeness (QED) is 0.439. The van der Waals surface area contributed by atoms with Gasteiger partial charge in [-0.2, -0.15) is 0 Å². The predicted octanol–water partition coefficient (Wildman–Crippen LogP) is 4.52. The Morgan fingerprint density at radius 1 is 1.03 bits per heavy atom. The molecule has 2 aromatic carbocycles. The number of hydrogen-bond donors (Lipinski definition) is 2. The minimum atomic E-state index is -0.654. The average molecular weight is 569 g/mol. The van der Waals surface area contributed by atoms with Gasteiger partial charge in [-0.05, 0) is 57.5 Å². The van der Waals surface area contributed by atoms with E-state index < -0.39 is 6.10 Å². The van der Waals surface area contributed by atoms with E-state index >= 15 is 0 Å². The van der Waals surface area contributed by atoms with E-state index in [9.17, 15) is 9.90 Å². The molecule has 1 aromatic heterocycles. The molecule has 7 nitrogen and oxygen atoms in total. The fraction of sp³-hybridized carbons (Fsp3) is 0.407. The number of hydrogen-bond acceptors (Lipinski definition) is 5. The monoisotopic (exact) mass is 567 g/mol. The van der Waals surface area contributed by atoms with E-state index in [0.717, 1.165) is 54.0 Å². The van der Waals surface area contributed by atoms with Crippen LogP contribution in [-0.4, -0.2) is 70.8 Å². The molecule has 202 valence electrons. The third-order valence-electron chi connectivity index (χ3n) is 6.70. The number of carbonyl (C=O) groups is 1. The van der Waals surface area contributed by atoms with Crippen LogP contribution in [0.3, 0.4) is 0 Å². The molecule has 0 aliphatic carbocycles. The molecule has 2 N–H and O–H groups in total. The number of aromatic nitrogens is 2. The molecule has 3 aromatic rings. The number of carbonyl (C=O) groups excluding carboxylic acids is 1. The Balaban J connectivity index is 0.00000241. The van der Waals surface area contributed by atoms with Crippen LogP contribution in [0.4, 0.5) is 5.69 Å². The standard InChI is InChI=1S/C27H34ClN5O2.2ClH/c1-18-8-10-22(11-9-18)33-20(3)26(30-21(33)4)27(35)29-16-23(34)17-31-12-14-32(15-13-31)25-7-5-6-24(28)19(25)2;;/h5-11,23,34H,12-17H2,1-4H3,(H,29,35);2*1H. The van der Waals surface area contributed by atoms with E-state index in [1.807, 2.05) is 68.7 Å². The number of aliphatic hydroxyl groups is 1. The molecular formula is C27H36Cl3N5O2. The molecule has 1 fully saturated rings. The second-order valence-corrected chi connectivity index (χ2v) is 9.71. The van der Waals surface area contributed by atoms with Crippen LogP contribution in [0.15, 0.2) is 42.5 Å². The maximum Gasteiger partial charge on any atom is 0.271 e. The molecule has 1 atom stereocenters. The van der Waals surface area contributed by atoms with E-state index in [1.54, 1.807) is 0 Å². The van der Waals surface area contributed by atoms with Gasteiger partial charge in [0.15, 0.2) is 0 Å². The Hall–Kier alpha value is -2.29. The zero-order chi connectivity index (χ0) is 25.1. The number of nitrogens with zero attached hydrogens (tertiary/aromatic N) is 4. The largest absolute Gasteiger partial charge is 0.390 e. The lowest BCUT2D eigenvalue weighted by Gasteiger charge is -2.37. The van der Waals surface area contributed by atoms with Gasteiger partial charge >= 0.3 is 0 Å². The van der Waals surface area contributed by atoms with Crippen LogP contribution in [0, 0.1) is 27.7 Å². The van der Waals surface area contributed by atoms with Gasteiger partial charge in [0, 0.05) is 55.7 Å². The lowest BCUT2D eigenvalue weighted by molar-refractivity contribution is 0.0847. The molecule has 1 aliphatic rings. The molecule has 4 rings (SSSR count). The zero-order valence-electron chi connectivity index (χ0n) is 21.7. The van der Waals surface area contributed by atoms with Crippen LogP contribution < -0.4 is 10.2 Å². The van der Waals surface area contributed by atoms with E-state index in [1.165, 1.54) is 11.3 Å². The summed E-state index contributed by atoms with van der Waals surface area (Å²) >= 11 is 6.28. The average Bonchev–Trinajstić information content (AvgIpc) is 3.14. The second kappa shape index (κ2) is 13.5. The summed E-state index contributed by atoms with van der Waals surface area (Å²) in [5.74, 6) is 0.488. The molecular weight excluding hydrogens is 533 g/mol. The van der Waals surface area contributed by atoms with Crippen LogP contribution >= 0.6 is 36.4 Å². The summed E-state index contributed by atoms with van der Waals surface area (Å²) in [6, 6.07) is 14.1. The minimum Gasteiger partial charge on any atom is -0.390 e. The summed E-state index contributed by atoms with van der Waals surface area (Å²) in [5, 5.41) is 14.2. The topological polar surface area (TPSA) is 73.6 Å². The molecule has 1 unspecified atom stereocenters. The number of piperazine rings is 1. The fourth-order valence-corrected chi connectivity index (χ4v) is 4.87. The van der Waals surface area contributed by atoms with Crippen LogP contribution in [-0.2, 0) is 0 Å². The van der Waals surface area contributed by atoms with Crippen molar-refractivity contribution in [2.24, 2.45) is 0 Å². The van der Waals surface area contributed by atoms with Crippen molar-refractivity contribution in [3.8, 4) is 5.69 Å². The highest BCUT2D eigenvalue weighted by Crippen LogP contribution is 2.27. The number of imidazole rings is 1. The van der Waals surface area contributed by atoms with Crippen molar-refractivity contribution in [2.75, 3.05) is 44.2 Å². The first-order chi connectivity index (χ1) is 16.7. The van der Waals surface area contributed by atoms with Gasteiger partial charge in [-0.25, -0.2) is 4.98 Å². The first-order valence-electron chi connectivity index (χ1n) is 12.1. The Morgan fingerprint density at radius 2 is 1.68 bits per heavy atom. The van der Waals surface area contributed by atoms with Crippen molar-refractivity contribution in [3.63, 3.8) is 0 Å². The minimum absolute atomic E-state index is 0. The molecule has 1 aliphatic heterocycles. The van der Waals surface area contributed by atoms with Gasteiger partial charge in [-0.3, -0.25) is 9.69 Å². The third kappa shape index (κ3) is 7.18. The van der Waals surface area contributed by atoms with Crippen molar-refractivity contribution in [1.82, 2.24) is 19.8 Å². The van der Waals surface area contributed by atoms with Gasteiger partial charge in [0.25, 0.3) is 5.91 Å². The number of benzene rings is 2. The number of nitrogens with one attached hydrogen (secondary N) is 1. The number of aryl methyl sites for hydroxylation is 2. The van der Waals surface area contributed by atoms with Crippen LogP contribution in [0.5, 0.6) is 0 Å². The van der Waals surface area contributed by atoms with Crippen LogP contribution in [0.1, 0.15) is 33.1 Å². The van der Waals surface area contributed by atoms with Gasteiger partial charge in [-0.15, -0.1) is 24.8 Å². The van der Waals surface area contributed by atoms with E-state index in [2.05, 4.69) is 26.2 Å². The first kappa shape index (κ1) is 30.9. The maximum atomic E-state index is 12.8. The number of β-amino-alcohol motifs (C(OH)–C–C–N with tert-alkyl or cyclic N) is 1. The molecule has 1 amide bonds.